The van der Waals surface area contributed by atoms with E-state index in [0.717, 1.165) is 23.3 Å². The van der Waals surface area contributed by atoms with Crippen molar-refractivity contribution in [1.82, 2.24) is 0 Å². The number of carbonyl (C=O) groups excluding carboxylic acids is 1. The van der Waals surface area contributed by atoms with Crippen LogP contribution in [0.3, 0.4) is 0 Å². The molecule has 1 saturated heterocycles. The number of hydrogen-bond acceptors (Lipinski definition) is 3. The van der Waals surface area contributed by atoms with Crippen LogP contribution < -0.4 is 9.64 Å². The van der Waals surface area contributed by atoms with Crippen molar-refractivity contribution in [3.8, 4) is 5.75 Å². The first-order valence-corrected chi connectivity index (χ1v) is 9.82. The molecule has 3 aromatic carbocycles. The molecule has 1 heterocycles. The summed E-state index contributed by atoms with van der Waals surface area (Å²) in [7, 11) is 0. The molecule has 0 aromatic heterocycles. The monoisotopic (exact) mass is 397 g/mol. The number of thioether (sulfide) groups is 1. The van der Waals surface area contributed by atoms with Crippen molar-refractivity contribution in [1.29, 1.82) is 0 Å². The number of rotatable bonds is 5. The maximum Gasteiger partial charge on any atom is 0.238 e. The second-order valence-electron chi connectivity index (χ2n) is 6.37. The zero-order chi connectivity index (χ0) is 19.5. The number of anilines is 1. The maximum atomic E-state index is 14.2. The lowest BCUT2D eigenvalue weighted by Crippen LogP contribution is -2.28. The molecule has 3 aromatic rings. The van der Waals surface area contributed by atoms with Gasteiger partial charge in [0.05, 0.1) is 11.4 Å². The van der Waals surface area contributed by atoms with Gasteiger partial charge in [-0.15, -0.1) is 11.8 Å². The topological polar surface area (TPSA) is 29.5 Å². The van der Waals surface area contributed by atoms with Crippen LogP contribution in [0.4, 0.5) is 14.5 Å². The predicted molar refractivity (Wildman–Crippen MR) is 106 cm³/mol. The highest BCUT2D eigenvalue weighted by Crippen LogP contribution is 2.42. The van der Waals surface area contributed by atoms with Crippen LogP contribution >= 0.6 is 11.8 Å². The number of halogens is 2. The third-order valence-corrected chi connectivity index (χ3v) is 5.66. The number of carbonyl (C=O) groups is 1. The second-order valence-corrected chi connectivity index (χ2v) is 7.43. The van der Waals surface area contributed by atoms with Crippen LogP contribution in [0, 0.1) is 11.6 Å². The third kappa shape index (κ3) is 3.87. The number of nitrogens with zero attached hydrogens (tertiary/aromatic N) is 1. The smallest absolute Gasteiger partial charge is 0.238 e. The molecule has 3 nitrogen and oxygen atoms in total. The van der Waals surface area contributed by atoms with E-state index in [2.05, 4.69) is 0 Å². The highest BCUT2D eigenvalue weighted by molar-refractivity contribution is 8.00. The summed E-state index contributed by atoms with van der Waals surface area (Å²) >= 11 is 1.41. The lowest BCUT2D eigenvalue weighted by Gasteiger charge is -2.25. The number of amides is 1. The fourth-order valence-corrected chi connectivity index (χ4v) is 4.25. The number of hydrogen-bond donors (Lipinski definition) is 0. The van der Waals surface area contributed by atoms with Crippen LogP contribution in [-0.2, 0) is 11.4 Å². The Hall–Kier alpha value is -2.86. The molecule has 1 aliphatic rings. The van der Waals surface area contributed by atoms with Gasteiger partial charge in [0.2, 0.25) is 5.91 Å². The molecule has 142 valence electrons. The molecule has 1 aliphatic heterocycles. The Kier molecular flexibility index (Phi) is 5.30. The summed E-state index contributed by atoms with van der Waals surface area (Å²) in [6.07, 6.45) is 0. The van der Waals surface area contributed by atoms with E-state index in [1.54, 1.807) is 0 Å². The molecular weight excluding hydrogens is 380 g/mol. The van der Waals surface area contributed by atoms with E-state index in [0.29, 0.717) is 12.4 Å². The average Bonchev–Trinajstić information content (AvgIpc) is 3.09. The zero-order valence-corrected chi connectivity index (χ0v) is 15.7. The first kappa shape index (κ1) is 18.5. The van der Waals surface area contributed by atoms with E-state index >= 15 is 0 Å². The third-order valence-electron chi connectivity index (χ3n) is 4.45. The standard InChI is InChI=1S/C22H17F2NO2S/c23-17-8-11-20(19(24)12-17)25-21(26)14-28-22(25)16-6-9-18(10-7-16)27-13-15-4-2-1-3-5-15/h1-12,22H,13-14H2/t22-/m0/s1. The molecule has 0 saturated carbocycles. The van der Waals surface area contributed by atoms with Crippen molar-refractivity contribution in [2.45, 2.75) is 12.0 Å². The first-order valence-electron chi connectivity index (χ1n) is 8.77. The van der Waals surface area contributed by atoms with Crippen molar-refractivity contribution in [2.24, 2.45) is 0 Å². The molecule has 6 heteroatoms. The summed E-state index contributed by atoms with van der Waals surface area (Å²) in [6, 6.07) is 20.5. The van der Waals surface area contributed by atoms with E-state index in [-0.39, 0.29) is 22.7 Å². The largest absolute Gasteiger partial charge is 0.489 e. The molecule has 1 fully saturated rings. The fourth-order valence-electron chi connectivity index (χ4n) is 3.08. The van der Waals surface area contributed by atoms with Crippen LogP contribution in [0.1, 0.15) is 16.5 Å². The van der Waals surface area contributed by atoms with Crippen LogP contribution in [0.2, 0.25) is 0 Å². The molecule has 1 amide bonds. The number of ether oxygens (including phenoxy) is 1. The van der Waals surface area contributed by atoms with Gasteiger partial charge in [-0.25, -0.2) is 8.78 Å². The normalized spacial score (nSPS) is 16.4. The second kappa shape index (κ2) is 8.02. The maximum absolute atomic E-state index is 14.2. The molecule has 0 unspecified atom stereocenters. The van der Waals surface area contributed by atoms with E-state index in [1.165, 1.54) is 22.7 Å². The van der Waals surface area contributed by atoms with Gasteiger partial charge < -0.3 is 4.74 Å². The summed E-state index contributed by atoms with van der Waals surface area (Å²) in [5.74, 6) is -0.666. The lowest BCUT2D eigenvalue weighted by molar-refractivity contribution is -0.115. The Bertz CT molecular complexity index is 980. The van der Waals surface area contributed by atoms with Crippen LogP contribution in [-0.4, -0.2) is 11.7 Å². The minimum atomic E-state index is -0.747. The van der Waals surface area contributed by atoms with Crippen molar-refractivity contribution in [3.05, 3.63) is 95.6 Å². The van der Waals surface area contributed by atoms with Crippen molar-refractivity contribution < 1.29 is 18.3 Å². The van der Waals surface area contributed by atoms with Gasteiger partial charge in [-0.1, -0.05) is 42.5 Å². The summed E-state index contributed by atoms with van der Waals surface area (Å²) in [5, 5.41) is -0.365. The highest BCUT2D eigenvalue weighted by atomic mass is 32.2. The Morgan fingerprint density at radius 1 is 1.00 bits per heavy atom. The molecule has 0 bridgehead atoms. The van der Waals surface area contributed by atoms with E-state index in [1.807, 2.05) is 54.6 Å². The van der Waals surface area contributed by atoms with Gasteiger partial charge in [-0.2, -0.15) is 0 Å². The van der Waals surface area contributed by atoms with Gasteiger partial charge in [0.1, 0.15) is 29.4 Å². The first-order chi connectivity index (χ1) is 13.6. The van der Waals surface area contributed by atoms with Crippen LogP contribution in [0.25, 0.3) is 0 Å². The van der Waals surface area contributed by atoms with Crippen molar-refractivity contribution in [2.75, 3.05) is 10.7 Å². The average molecular weight is 397 g/mol. The van der Waals surface area contributed by atoms with Gasteiger partial charge in [-0.05, 0) is 35.4 Å². The number of benzene rings is 3. The fraction of sp³-hybridized carbons (Fsp3) is 0.136. The molecule has 1 atom stereocenters. The molecule has 28 heavy (non-hydrogen) atoms. The Morgan fingerprint density at radius 3 is 2.46 bits per heavy atom. The molecule has 0 radical (unpaired) electrons. The van der Waals surface area contributed by atoms with E-state index < -0.39 is 11.6 Å². The Morgan fingerprint density at radius 2 is 1.75 bits per heavy atom. The summed E-state index contributed by atoms with van der Waals surface area (Å²) in [5.41, 5.74) is 2.01. The highest BCUT2D eigenvalue weighted by Gasteiger charge is 2.35. The summed E-state index contributed by atoms with van der Waals surface area (Å²) < 4.78 is 33.2. The molecule has 0 spiro atoms. The van der Waals surface area contributed by atoms with Crippen molar-refractivity contribution in [3.63, 3.8) is 0 Å². The Balaban J connectivity index is 1.52. The minimum absolute atomic E-state index is 0.0887. The van der Waals surface area contributed by atoms with Crippen molar-refractivity contribution >= 4 is 23.4 Å². The summed E-state index contributed by atoms with van der Waals surface area (Å²) in [6.45, 7) is 0.462. The Labute approximate surface area is 165 Å². The van der Waals surface area contributed by atoms with E-state index in [9.17, 15) is 13.6 Å². The SMILES string of the molecule is O=C1CS[C@@H](c2ccc(OCc3ccccc3)cc2)N1c1ccc(F)cc1F. The molecular formula is C22H17F2NO2S. The van der Waals surface area contributed by atoms with Gasteiger partial charge in [0, 0.05) is 6.07 Å². The van der Waals surface area contributed by atoms with Gasteiger partial charge in [0.25, 0.3) is 0 Å². The van der Waals surface area contributed by atoms with Crippen LogP contribution in [0.15, 0.2) is 72.8 Å². The summed E-state index contributed by atoms with van der Waals surface area (Å²) in [4.78, 5) is 13.7. The van der Waals surface area contributed by atoms with Gasteiger partial charge in [0.15, 0.2) is 0 Å². The minimum Gasteiger partial charge on any atom is -0.489 e. The lowest BCUT2D eigenvalue weighted by atomic mass is 10.1. The van der Waals surface area contributed by atoms with Crippen LogP contribution in [0.5, 0.6) is 5.75 Å². The van der Waals surface area contributed by atoms with E-state index in [4.69, 9.17) is 4.74 Å². The molecule has 4 rings (SSSR count). The zero-order valence-electron chi connectivity index (χ0n) is 14.8. The molecule has 0 N–H and O–H groups in total. The molecule has 0 aliphatic carbocycles. The van der Waals surface area contributed by atoms with Gasteiger partial charge >= 0.3 is 0 Å². The predicted octanol–water partition coefficient (Wildman–Crippen LogP) is 5.32. The quantitative estimate of drug-likeness (QED) is 0.583. The van der Waals surface area contributed by atoms with Gasteiger partial charge in [-0.3, -0.25) is 9.69 Å².